The van der Waals surface area contributed by atoms with Crippen LogP contribution in [0.1, 0.15) is 48.9 Å². The zero-order valence-electron chi connectivity index (χ0n) is 40.8. The minimum Gasteiger partial charge on any atom is -0.480 e. The summed E-state index contributed by atoms with van der Waals surface area (Å²) >= 11 is 1.24. The van der Waals surface area contributed by atoms with E-state index < -0.39 is 72.8 Å². The quantitative estimate of drug-likeness (QED) is 0.0632. The number of carbonyl (C=O) groups excluding carboxylic acids is 4. The highest BCUT2D eigenvalue weighted by molar-refractivity contribution is 8.01. The molecule has 0 saturated carbocycles. The van der Waals surface area contributed by atoms with Gasteiger partial charge in [0.2, 0.25) is 27.7 Å². The molecule has 2 aliphatic heterocycles. The molecule has 2 heterocycles. The molecule has 2 fully saturated rings. The van der Waals surface area contributed by atoms with Gasteiger partial charge < -0.3 is 36.8 Å². The first-order chi connectivity index (χ1) is 33.9. The second-order valence-electron chi connectivity index (χ2n) is 18.0. The Labute approximate surface area is 424 Å². The second-order valence-corrected chi connectivity index (χ2v) is 22.8. The number of rotatable bonds is 20. The largest absolute Gasteiger partial charge is 0.480 e. The van der Waals surface area contributed by atoms with Crippen molar-refractivity contribution in [2.24, 2.45) is 0 Å². The summed E-state index contributed by atoms with van der Waals surface area (Å²) in [5.41, 5.74) is 3.51. The van der Waals surface area contributed by atoms with E-state index in [2.05, 4.69) is 31.9 Å². The first-order valence-corrected chi connectivity index (χ1v) is 26.8. The Bertz CT molecular complexity index is 2800. The van der Waals surface area contributed by atoms with Gasteiger partial charge in [-0.25, -0.2) is 30.7 Å². The fourth-order valence-corrected chi connectivity index (χ4v) is 12.4. The number of thioether (sulfide) groups is 1. The fourth-order valence-electron chi connectivity index (χ4n) is 7.75. The van der Waals surface area contributed by atoms with Gasteiger partial charge in [-0.05, 0) is 114 Å². The van der Waals surface area contributed by atoms with Crippen molar-refractivity contribution in [2.45, 2.75) is 92.2 Å². The Hall–Kier alpha value is -6.21. The van der Waals surface area contributed by atoms with Gasteiger partial charge in [0.1, 0.15) is 23.5 Å². The van der Waals surface area contributed by atoms with Gasteiger partial charge in [-0.15, -0.1) is 11.8 Å². The monoisotopic (exact) mass is 1050 g/mol. The molecule has 0 radical (unpaired) electrons. The van der Waals surface area contributed by atoms with Crippen LogP contribution in [0.3, 0.4) is 0 Å². The zero-order chi connectivity index (χ0) is 53.0. The standard InChI is InChI=1S/C25H32N4O6S2.C24H30N4O6S/c1-16-5-11-19(12-6-16)37(34,35)29(23(31)22-28-25(2,3)15-36-22)20(24(32)33)13-17-7-9-18(10-8-17)27-21(30)14-26-4;1-16-5-11-19(12-6-16)35(33,34)28-13-3-4-21(28)23(30)27-20(24(31)32)14-17-7-9-18(10-8-17)26-22(29)15-25-2/h5-12,20,22,26,28H,13-15H2,1-4H3,(H,27,30)(H,32,33);5-12,20-21,25H,3-4,13-15H2,1-2H3,(H,26,29)(H,27,30)(H,31,32)/t20-,22-;20-,21-/m00/s1. The number of sulfonamides is 2. The summed E-state index contributed by atoms with van der Waals surface area (Å²) in [5, 5.41) is 35.4. The Morgan fingerprint density at radius 2 is 1.21 bits per heavy atom. The summed E-state index contributed by atoms with van der Waals surface area (Å²) in [7, 11) is -5.09. The number of carboxylic acid groups (broad SMARTS) is 2. The van der Waals surface area contributed by atoms with Crippen molar-refractivity contribution >= 4 is 78.8 Å². The van der Waals surface area contributed by atoms with Crippen molar-refractivity contribution in [1.82, 2.24) is 29.9 Å². The number of hydrogen-bond acceptors (Lipinski definition) is 14. The maximum absolute atomic E-state index is 13.7. The summed E-state index contributed by atoms with van der Waals surface area (Å²) < 4.78 is 55.3. The molecule has 0 spiro atoms. The van der Waals surface area contributed by atoms with Crippen LogP contribution in [0.15, 0.2) is 107 Å². The highest BCUT2D eigenvalue weighted by atomic mass is 32.2. The normalized spacial score (nSPS) is 17.4. The zero-order valence-corrected chi connectivity index (χ0v) is 43.2. The lowest BCUT2D eigenvalue weighted by atomic mass is 10.0. The van der Waals surface area contributed by atoms with E-state index in [9.17, 15) is 55.8 Å². The summed E-state index contributed by atoms with van der Waals surface area (Å²) in [5.74, 6) is -4.04. The van der Waals surface area contributed by atoms with Crippen LogP contribution in [0, 0.1) is 13.8 Å². The minimum atomic E-state index is -4.50. The van der Waals surface area contributed by atoms with Crippen molar-refractivity contribution in [3.63, 3.8) is 0 Å². The summed E-state index contributed by atoms with van der Waals surface area (Å²) in [6.45, 7) is 7.89. The van der Waals surface area contributed by atoms with E-state index in [-0.39, 0.29) is 54.1 Å². The molecule has 72 heavy (non-hydrogen) atoms. The van der Waals surface area contributed by atoms with Crippen molar-refractivity contribution in [1.29, 1.82) is 0 Å². The number of carboxylic acids is 2. The topological polar surface area (TPSA) is 290 Å². The van der Waals surface area contributed by atoms with Crippen molar-refractivity contribution in [3.8, 4) is 0 Å². The molecule has 20 nitrogen and oxygen atoms in total. The van der Waals surface area contributed by atoms with Gasteiger partial charge in [0.05, 0.1) is 22.9 Å². The molecule has 388 valence electrons. The Morgan fingerprint density at radius 1 is 0.722 bits per heavy atom. The van der Waals surface area contributed by atoms with Crippen LogP contribution in [-0.2, 0) is 61.7 Å². The number of nitrogens with zero attached hydrogens (tertiary/aromatic N) is 2. The van der Waals surface area contributed by atoms with Gasteiger partial charge in [0, 0.05) is 42.1 Å². The molecular weight excluding hydrogens is 989 g/mol. The number of likely N-dealkylation sites (N-methyl/N-ethyl adjacent to an activating group) is 2. The van der Waals surface area contributed by atoms with E-state index in [1.165, 1.54) is 36.0 Å². The lowest BCUT2D eigenvalue weighted by Crippen LogP contribution is -2.55. The molecule has 2 saturated heterocycles. The average Bonchev–Trinajstić information content (AvgIpc) is 3.98. The molecular formula is C49H62N8O12S3. The molecule has 23 heteroatoms. The third-order valence-electron chi connectivity index (χ3n) is 11.5. The number of amides is 4. The summed E-state index contributed by atoms with van der Waals surface area (Å²) in [6.07, 6.45) is 0.562. The Morgan fingerprint density at radius 3 is 1.65 bits per heavy atom. The van der Waals surface area contributed by atoms with Crippen LogP contribution in [0.2, 0.25) is 0 Å². The third kappa shape index (κ3) is 15.2. The molecule has 4 amide bonds. The number of aliphatic carboxylic acids is 2. The summed E-state index contributed by atoms with van der Waals surface area (Å²) in [4.78, 5) is 74.4. The van der Waals surface area contributed by atoms with Crippen LogP contribution in [0.25, 0.3) is 0 Å². The number of aryl methyl sites for hydroxylation is 2. The molecule has 2 aliphatic rings. The van der Waals surface area contributed by atoms with E-state index in [1.54, 1.807) is 93.8 Å². The van der Waals surface area contributed by atoms with Gasteiger partial charge in [0.15, 0.2) is 0 Å². The average molecular weight is 1050 g/mol. The number of nitrogens with one attached hydrogen (secondary N) is 6. The Balaban J connectivity index is 0.000000268. The predicted molar refractivity (Wildman–Crippen MR) is 273 cm³/mol. The first kappa shape index (κ1) is 56.7. The minimum absolute atomic E-state index is 0.00322. The van der Waals surface area contributed by atoms with Gasteiger partial charge in [0.25, 0.3) is 15.9 Å². The first-order valence-electron chi connectivity index (χ1n) is 22.9. The van der Waals surface area contributed by atoms with E-state index in [0.717, 1.165) is 15.4 Å². The highest BCUT2D eigenvalue weighted by Gasteiger charge is 2.46. The number of hydrogen-bond donors (Lipinski definition) is 8. The summed E-state index contributed by atoms with van der Waals surface area (Å²) in [6, 6.07) is 21.4. The van der Waals surface area contributed by atoms with Crippen LogP contribution < -0.4 is 31.9 Å². The number of benzene rings is 4. The Kier molecular flexibility index (Phi) is 19.7. The van der Waals surface area contributed by atoms with E-state index in [1.807, 2.05) is 20.8 Å². The van der Waals surface area contributed by atoms with Crippen molar-refractivity contribution in [3.05, 3.63) is 119 Å². The van der Waals surface area contributed by atoms with Crippen LogP contribution in [0.4, 0.5) is 11.4 Å². The molecule has 4 aromatic rings. The second kappa shape index (κ2) is 25.0. The van der Waals surface area contributed by atoms with Crippen LogP contribution in [0.5, 0.6) is 0 Å². The smallest absolute Gasteiger partial charge is 0.328 e. The van der Waals surface area contributed by atoms with Crippen LogP contribution in [-0.4, -0.2) is 140 Å². The molecule has 8 N–H and O–H groups in total. The molecule has 0 bridgehead atoms. The lowest BCUT2D eigenvalue weighted by molar-refractivity contribution is -0.146. The van der Waals surface area contributed by atoms with Gasteiger partial charge >= 0.3 is 11.9 Å². The van der Waals surface area contributed by atoms with Gasteiger partial charge in [-0.3, -0.25) is 24.5 Å². The highest BCUT2D eigenvalue weighted by Crippen LogP contribution is 2.32. The van der Waals surface area contributed by atoms with E-state index >= 15 is 0 Å². The molecule has 4 aromatic carbocycles. The number of anilines is 2. The SMILES string of the molecule is CNCC(=O)Nc1ccc(C[C@@H](C(=O)O)N(C(=O)[C@H]2NC(C)(C)CS2)S(=O)(=O)c2ccc(C)cc2)cc1.CNCC(=O)Nc1ccc(C[C@H](NC(=O)[C@@H]2CCCN2S(=O)(=O)c2ccc(C)cc2)C(=O)O)cc1. The van der Waals surface area contributed by atoms with Crippen molar-refractivity contribution in [2.75, 3.05) is 50.1 Å². The lowest BCUT2D eigenvalue weighted by Gasteiger charge is -2.31. The molecule has 0 aromatic heterocycles. The molecule has 0 aliphatic carbocycles. The van der Waals surface area contributed by atoms with Crippen molar-refractivity contribution < 1.29 is 55.8 Å². The molecule has 4 atom stereocenters. The van der Waals surface area contributed by atoms with E-state index in [0.29, 0.717) is 45.4 Å². The third-order valence-corrected chi connectivity index (χ3v) is 16.8. The predicted octanol–water partition coefficient (Wildman–Crippen LogP) is 2.93. The van der Waals surface area contributed by atoms with Gasteiger partial charge in [-0.2, -0.15) is 4.31 Å². The maximum Gasteiger partial charge on any atom is 0.328 e. The number of carbonyl (C=O) groups is 6. The van der Waals surface area contributed by atoms with E-state index in [4.69, 9.17) is 0 Å². The molecule has 6 rings (SSSR count). The van der Waals surface area contributed by atoms with Gasteiger partial charge in [-0.1, -0.05) is 59.7 Å². The van der Waals surface area contributed by atoms with Crippen LogP contribution >= 0.6 is 11.8 Å². The maximum atomic E-state index is 13.7. The molecule has 0 unspecified atom stereocenters. The fraction of sp³-hybridized carbons (Fsp3) is 0.388.